The van der Waals surface area contributed by atoms with Crippen LogP contribution in [0.2, 0.25) is 0 Å². The number of benzene rings is 11. The maximum Gasteiger partial charge on any atom is 0.256 e. The molecule has 340 valence electrons. The summed E-state index contributed by atoms with van der Waals surface area (Å²) in [5.41, 5.74) is 27.9. The van der Waals surface area contributed by atoms with Crippen molar-refractivity contribution < 1.29 is 4.74 Å². The van der Waals surface area contributed by atoms with Gasteiger partial charge in [0.1, 0.15) is 11.5 Å². The zero-order valence-electron chi connectivity index (χ0n) is 40.1. The Kier molecular flexibility index (Phi) is 8.20. The minimum Gasteiger partial charge on any atom is -0.458 e. The van der Waals surface area contributed by atoms with Crippen molar-refractivity contribution in [1.82, 2.24) is 0 Å². The number of anilines is 12. The Hall–Kier alpha value is -9.39. The molecule has 0 saturated carbocycles. The van der Waals surface area contributed by atoms with Crippen molar-refractivity contribution in [3.05, 3.63) is 249 Å². The minimum atomic E-state index is -0.0917. The first-order valence-corrected chi connectivity index (χ1v) is 25.8. The number of fused-ring (bicyclic) bond motifs is 14. The third-order valence-corrected chi connectivity index (χ3v) is 16.6. The van der Waals surface area contributed by atoms with Crippen LogP contribution in [0.5, 0.6) is 11.5 Å². The third kappa shape index (κ3) is 5.36. The first kappa shape index (κ1) is 40.2. The van der Waals surface area contributed by atoms with Crippen LogP contribution < -0.4 is 73.5 Å². The average molecular weight is 939 g/mol. The Morgan fingerprint density at radius 1 is 0.243 bits per heavy atom. The van der Waals surface area contributed by atoms with E-state index < -0.39 is 0 Å². The topological polar surface area (TPSA) is 22.2 Å². The second-order valence-corrected chi connectivity index (χ2v) is 20.3. The normalized spacial score (nSPS) is 14.1. The molecular formula is C66H41B3N4O. The van der Waals surface area contributed by atoms with Gasteiger partial charge < -0.3 is 24.3 Å². The van der Waals surface area contributed by atoms with E-state index in [9.17, 15) is 0 Å². The third-order valence-electron chi connectivity index (χ3n) is 16.6. The standard InChI is InChI=1S/C66H41B3N4O/c1-5-21-42(22-6-1)43-37-58-63-62(38-43)74-61-41-57-51(39-52(61)69(63)48-30-14-18-34-54(48)70(58)44-23-7-2-8-24-44)68-50-32-16-20-36-56(50)73-55-35-19-15-31-49(55)67-47-29-13-17-33-53(47)71(45-25-9-3-10-26-45)59-40-60(65(68)66(73)64(59)67)72(57)46-27-11-4-12-28-46/h1-41H. The molecule has 0 aromatic heterocycles. The van der Waals surface area contributed by atoms with Crippen molar-refractivity contribution in [2.75, 3.05) is 19.6 Å². The van der Waals surface area contributed by atoms with E-state index in [1.807, 2.05) is 0 Å². The molecule has 0 aliphatic carbocycles. The van der Waals surface area contributed by atoms with Crippen LogP contribution in [0.3, 0.4) is 0 Å². The van der Waals surface area contributed by atoms with Gasteiger partial charge in [-0.2, -0.15) is 0 Å². The van der Waals surface area contributed by atoms with Gasteiger partial charge in [-0.1, -0.05) is 164 Å². The number of ether oxygens (including phenoxy) is 1. The molecule has 6 aliphatic heterocycles. The van der Waals surface area contributed by atoms with Crippen molar-refractivity contribution in [3.8, 4) is 22.6 Å². The molecule has 11 aromatic rings. The predicted molar refractivity (Wildman–Crippen MR) is 311 cm³/mol. The average Bonchev–Trinajstić information content (AvgIpc) is 3.49. The summed E-state index contributed by atoms with van der Waals surface area (Å²) in [6.45, 7) is -0.163. The van der Waals surface area contributed by atoms with Gasteiger partial charge in [0, 0.05) is 74.3 Å². The van der Waals surface area contributed by atoms with Crippen molar-refractivity contribution in [2.45, 2.75) is 0 Å². The zero-order valence-corrected chi connectivity index (χ0v) is 40.1. The molecule has 11 aromatic carbocycles. The van der Waals surface area contributed by atoms with Crippen molar-refractivity contribution in [3.63, 3.8) is 0 Å². The smallest absolute Gasteiger partial charge is 0.256 e. The highest BCUT2D eigenvalue weighted by molar-refractivity contribution is 7.05. The molecule has 0 fully saturated rings. The SMILES string of the molecule is c1ccc(-c2cc3c4c(c2)N(c2ccccc2)c2ccccc2B4c2cc4c(cc2O3)N(c2ccccc2)c2cc3c5c6c2B4c2ccccc2N6c2ccccc2B5c2ccccc2N3c2ccccc2)cc1. The summed E-state index contributed by atoms with van der Waals surface area (Å²) in [5.74, 6) is 1.76. The Balaban J connectivity index is 0.980. The number of hydrogen-bond donors (Lipinski definition) is 0. The lowest BCUT2D eigenvalue weighted by atomic mass is 9.28. The van der Waals surface area contributed by atoms with Crippen LogP contribution in [-0.4, -0.2) is 20.1 Å². The summed E-state index contributed by atoms with van der Waals surface area (Å²) >= 11 is 0. The lowest BCUT2D eigenvalue weighted by molar-refractivity contribution is 0.488. The highest BCUT2D eigenvalue weighted by atomic mass is 16.5. The molecule has 5 nitrogen and oxygen atoms in total. The van der Waals surface area contributed by atoms with Gasteiger partial charge in [-0.15, -0.1) is 0 Å². The molecule has 0 atom stereocenters. The fourth-order valence-corrected chi connectivity index (χ4v) is 13.8. The molecule has 0 amide bonds. The highest BCUT2D eigenvalue weighted by Crippen LogP contribution is 2.51. The van der Waals surface area contributed by atoms with Gasteiger partial charge in [-0.25, -0.2) is 0 Å². The summed E-state index contributed by atoms with van der Waals surface area (Å²) in [5, 5.41) is 0. The van der Waals surface area contributed by atoms with Gasteiger partial charge in [-0.3, -0.25) is 0 Å². The maximum atomic E-state index is 7.51. The van der Waals surface area contributed by atoms with Gasteiger partial charge in [-0.05, 0) is 139 Å². The van der Waals surface area contributed by atoms with Gasteiger partial charge in [0.15, 0.2) is 0 Å². The summed E-state index contributed by atoms with van der Waals surface area (Å²) in [6.07, 6.45) is 0. The number of nitrogens with zero attached hydrogens (tertiary/aromatic N) is 4. The van der Waals surface area contributed by atoms with E-state index in [4.69, 9.17) is 4.74 Å². The number of para-hydroxylation sites is 7. The van der Waals surface area contributed by atoms with Crippen molar-refractivity contribution in [1.29, 1.82) is 0 Å². The largest absolute Gasteiger partial charge is 0.458 e. The molecule has 0 N–H and O–H groups in total. The molecule has 0 radical (unpaired) electrons. The molecule has 6 aliphatic rings. The number of hydrogen-bond acceptors (Lipinski definition) is 5. The first-order chi connectivity index (χ1) is 36.8. The minimum absolute atomic E-state index is 0.0188. The van der Waals surface area contributed by atoms with E-state index in [1.165, 1.54) is 89.0 Å². The Morgan fingerprint density at radius 3 is 1.14 bits per heavy atom. The monoisotopic (exact) mass is 938 g/mol. The molecule has 17 rings (SSSR count). The van der Waals surface area contributed by atoms with Crippen LogP contribution in [0.1, 0.15) is 0 Å². The fraction of sp³-hybridized carbons (Fsp3) is 0. The van der Waals surface area contributed by atoms with Crippen LogP contribution >= 0.6 is 0 Å². The predicted octanol–water partition coefficient (Wildman–Crippen LogP) is 10.5. The quantitative estimate of drug-likeness (QED) is 0.164. The van der Waals surface area contributed by atoms with E-state index >= 15 is 0 Å². The molecule has 0 saturated heterocycles. The summed E-state index contributed by atoms with van der Waals surface area (Å²) in [6, 6.07) is 92.1. The van der Waals surface area contributed by atoms with E-state index in [2.05, 4.69) is 268 Å². The molecule has 8 heteroatoms. The van der Waals surface area contributed by atoms with Gasteiger partial charge in [0.25, 0.3) is 20.1 Å². The molecule has 0 bridgehead atoms. The molecule has 6 heterocycles. The van der Waals surface area contributed by atoms with Crippen molar-refractivity contribution in [2.24, 2.45) is 0 Å². The lowest BCUT2D eigenvalue weighted by Gasteiger charge is -2.51. The van der Waals surface area contributed by atoms with E-state index in [0.717, 1.165) is 51.1 Å². The van der Waals surface area contributed by atoms with Crippen LogP contribution in [0.15, 0.2) is 249 Å². The summed E-state index contributed by atoms with van der Waals surface area (Å²) in [7, 11) is 0. The maximum absolute atomic E-state index is 7.51. The Morgan fingerprint density at radius 2 is 0.635 bits per heavy atom. The van der Waals surface area contributed by atoms with E-state index in [0.29, 0.717) is 0 Å². The van der Waals surface area contributed by atoms with Crippen molar-refractivity contribution >= 4 is 138 Å². The first-order valence-electron chi connectivity index (χ1n) is 25.8. The zero-order chi connectivity index (χ0) is 48.2. The molecule has 74 heavy (non-hydrogen) atoms. The molecule has 0 spiro atoms. The van der Waals surface area contributed by atoms with E-state index in [1.54, 1.807) is 0 Å². The van der Waals surface area contributed by atoms with Crippen LogP contribution in [0.4, 0.5) is 68.2 Å². The lowest BCUT2D eigenvalue weighted by Crippen LogP contribution is -2.69. The second-order valence-electron chi connectivity index (χ2n) is 20.3. The highest BCUT2D eigenvalue weighted by Gasteiger charge is 2.53. The molecular weight excluding hydrogens is 897 g/mol. The fourth-order valence-electron chi connectivity index (χ4n) is 13.8. The Bertz CT molecular complexity index is 4160. The molecule has 0 unspecified atom stereocenters. The second kappa shape index (κ2) is 15.1. The van der Waals surface area contributed by atoms with Gasteiger partial charge in [0.05, 0.1) is 0 Å². The Labute approximate surface area is 431 Å². The summed E-state index contributed by atoms with van der Waals surface area (Å²) < 4.78 is 7.51. The number of rotatable bonds is 4. The van der Waals surface area contributed by atoms with Gasteiger partial charge >= 0.3 is 0 Å². The van der Waals surface area contributed by atoms with Gasteiger partial charge in [0.2, 0.25) is 0 Å². The van der Waals surface area contributed by atoms with Crippen LogP contribution in [0.25, 0.3) is 11.1 Å². The van der Waals surface area contributed by atoms with Crippen LogP contribution in [-0.2, 0) is 0 Å². The van der Waals surface area contributed by atoms with E-state index in [-0.39, 0.29) is 20.1 Å². The summed E-state index contributed by atoms with van der Waals surface area (Å²) in [4.78, 5) is 10.1. The van der Waals surface area contributed by atoms with Crippen LogP contribution in [0, 0.1) is 0 Å².